The smallest absolute Gasteiger partial charge is 0.243 e. The molecule has 1 heterocycles. The van der Waals surface area contributed by atoms with Crippen molar-refractivity contribution >= 4 is 21.4 Å². The van der Waals surface area contributed by atoms with E-state index in [9.17, 15) is 8.42 Å². The summed E-state index contributed by atoms with van der Waals surface area (Å²) in [6.45, 7) is 2.77. The molecule has 1 aromatic heterocycles. The van der Waals surface area contributed by atoms with Crippen LogP contribution in [0.3, 0.4) is 0 Å². The van der Waals surface area contributed by atoms with Crippen LogP contribution < -0.4 is 5.32 Å². The Balaban J connectivity index is 2.33. The maximum absolute atomic E-state index is 12.7. The first-order valence-corrected chi connectivity index (χ1v) is 8.91. The van der Waals surface area contributed by atoms with E-state index in [0.717, 1.165) is 16.8 Å². The third-order valence-electron chi connectivity index (χ3n) is 3.32. The van der Waals surface area contributed by atoms with E-state index in [-0.39, 0.29) is 6.54 Å². The van der Waals surface area contributed by atoms with Crippen LogP contribution in [-0.2, 0) is 23.1 Å². The van der Waals surface area contributed by atoms with Crippen molar-refractivity contribution in [1.29, 1.82) is 0 Å². The van der Waals surface area contributed by atoms with Crippen LogP contribution in [0.25, 0.3) is 0 Å². The maximum Gasteiger partial charge on any atom is 0.243 e. The molecule has 0 saturated carbocycles. The summed E-state index contributed by atoms with van der Waals surface area (Å²) in [7, 11) is -0.0919. The minimum atomic E-state index is -3.52. The van der Waals surface area contributed by atoms with Crippen molar-refractivity contribution in [3.05, 3.63) is 45.9 Å². The number of hydrogen-bond acceptors (Lipinski definition) is 5. The summed E-state index contributed by atoms with van der Waals surface area (Å²) in [6, 6.07) is 5.37. The molecular formula is C14H19N3O2S2. The zero-order valence-corrected chi connectivity index (χ0v) is 14.0. The molecule has 1 N–H and O–H groups in total. The van der Waals surface area contributed by atoms with Gasteiger partial charge in [0.25, 0.3) is 0 Å². The van der Waals surface area contributed by atoms with Gasteiger partial charge in [0.1, 0.15) is 0 Å². The standard InChI is InChI=1S/C14H19N3O2S2/c1-11-12(7-15-2)5-4-6-14(11)21(18,19)17(3)8-13-9-20-10-16-13/h4-6,9-10,15H,7-8H2,1-3H3. The van der Waals surface area contributed by atoms with Crippen molar-refractivity contribution in [2.24, 2.45) is 0 Å². The molecule has 0 atom stereocenters. The SMILES string of the molecule is CNCc1cccc(S(=O)(=O)N(C)Cc2cscn2)c1C. The summed E-state index contributed by atoms with van der Waals surface area (Å²) in [6.07, 6.45) is 0. The lowest BCUT2D eigenvalue weighted by Gasteiger charge is -2.19. The van der Waals surface area contributed by atoms with E-state index in [0.29, 0.717) is 11.4 Å². The molecule has 0 aliphatic carbocycles. The van der Waals surface area contributed by atoms with E-state index < -0.39 is 10.0 Å². The number of rotatable bonds is 6. The Bertz CT molecular complexity index is 697. The summed E-state index contributed by atoms with van der Waals surface area (Å²) >= 11 is 1.46. The molecule has 0 radical (unpaired) electrons. The van der Waals surface area contributed by atoms with E-state index >= 15 is 0 Å². The quantitative estimate of drug-likeness (QED) is 0.882. The molecule has 0 saturated heterocycles. The van der Waals surface area contributed by atoms with Crippen molar-refractivity contribution in [2.75, 3.05) is 14.1 Å². The van der Waals surface area contributed by atoms with Crippen molar-refractivity contribution in [3.8, 4) is 0 Å². The highest BCUT2D eigenvalue weighted by atomic mass is 32.2. The molecule has 2 aromatic rings. The summed E-state index contributed by atoms with van der Waals surface area (Å²) in [4.78, 5) is 4.49. The lowest BCUT2D eigenvalue weighted by Crippen LogP contribution is -2.27. The first-order valence-electron chi connectivity index (χ1n) is 6.53. The molecule has 0 bridgehead atoms. The van der Waals surface area contributed by atoms with E-state index in [1.54, 1.807) is 24.7 Å². The fourth-order valence-corrected chi connectivity index (χ4v) is 4.07. The summed E-state index contributed by atoms with van der Waals surface area (Å²) in [5, 5.41) is 4.91. The average Bonchev–Trinajstić information content (AvgIpc) is 2.94. The van der Waals surface area contributed by atoms with Gasteiger partial charge >= 0.3 is 0 Å². The van der Waals surface area contributed by atoms with Gasteiger partial charge in [-0.15, -0.1) is 11.3 Å². The van der Waals surface area contributed by atoms with Crippen LogP contribution in [0.2, 0.25) is 0 Å². The Labute approximate surface area is 129 Å². The second kappa shape index (κ2) is 6.65. The topological polar surface area (TPSA) is 62.3 Å². The van der Waals surface area contributed by atoms with Crippen LogP contribution in [0.4, 0.5) is 0 Å². The van der Waals surface area contributed by atoms with Gasteiger partial charge in [0, 0.05) is 19.0 Å². The van der Waals surface area contributed by atoms with Crippen LogP contribution in [0.5, 0.6) is 0 Å². The molecule has 0 amide bonds. The fraction of sp³-hybridized carbons (Fsp3) is 0.357. The molecular weight excluding hydrogens is 306 g/mol. The minimum Gasteiger partial charge on any atom is -0.316 e. The summed E-state index contributed by atoms with van der Waals surface area (Å²) < 4.78 is 26.8. The van der Waals surface area contributed by atoms with Gasteiger partial charge < -0.3 is 5.32 Å². The van der Waals surface area contributed by atoms with E-state index in [4.69, 9.17) is 0 Å². The lowest BCUT2D eigenvalue weighted by atomic mass is 10.1. The van der Waals surface area contributed by atoms with Crippen molar-refractivity contribution in [2.45, 2.75) is 24.9 Å². The summed E-state index contributed by atoms with van der Waals surface area (Å²) in [5.41, 5.74) is 4.24. The molecule has 0 fully saturated rings. The number of benzene rings is 1. The monoisotopic (exact) mass is 325 g/mol. The normalized spacial score (nSPS) is 12.0. The van der Waals surface area contributed by atoms with Crippen LogP contribution in [0, 0.1) is 6.92 Å². The number of nitrogens with zero attached hydrogens (tertiary/aromatic N) is 2. The largest absolute Gasteiger partial charge is 0.316 e. The minimum absolute atomic E-state index is 0.279. The first kappa shape index (κ1) is 16.1. The van der Waals surface area contributed by atoms with Gasteiger partial charge in [0.05, 0.1) is 22.6 Å². The van der Waals surface area contributed by atoms with Gasteiger partial charge in [0.15, 0.2) is 0 Å². The Morgan fingerprint density at radius 1 is 1.38 bits per heavy atom. The third-order valence-corrected chi connectivity index (χ3v) is 5.90. The van der Waals surface area contributed by atoms with Crippen LogP contribution in [0.15, 0.2) is 34.0 Å². The zero-order chi connectivity index (χ0) is 15.5. The van der Waals surface area contributed by atoms with Gasteiger partial charge in [-0.1, -0.05) is 12.1 Å². The molecule has 114 valence electrons. The first-order chi connectivity index (χ1) is 9.96. The highest BCUT2D eigenvalue weighted by Gasteiger charge is 2.24. The molecule has 7 heteroatoms. The Kier molecular flexibility index (Phi) is 5.10. The molecule has 21 heavy (non-hydrogen) atoms. The number of sulfonamides is 1. The predicted molar refractivity (Wildman–Crippen MR) is 84.7 cm³/mol. The lowest BCUT2D eigenvalue weighted by molar-refractivity contribution is 0.462. The Morgan fingerprint density at radius 2 is 2.14 bits per heavy atom. The number of nitrogens with one attached hydrogen (secondary N) is 1. The zero-order valence-electron chi connectivity index (χ0n) is 12.3. The van der Waals surface area contributed by atoms with E-state index in [1.807, 2.05) is 25.4 Å². The predicted octanol–water partition coefficient (Wildman–Crippen LogP) is 1.99. The van der Waals surface area contributed by atoms with Gasteiger partial charge in [0.2, 0.25) is 10.0 Å². The highest BCUT2D eigenvalue weighted by Crippen LogP contribution is 2.23. The van der Waals surface area contributed by atoms with Crippen LogP contribution >= 0.6 is 11.3 Å². The van der Waals surface area contributed by atoms with Gasteiger partial charge in [-0.3, -0.25) is 0 Å². The molecule has 0 aliphatic heterocycles. The number of hydrogen-bond donors (Lipinski definition) is 1. The van der Waals surface area contributed by atoms with Crippen LogP contribution in [-0.4, -0.2) is 31.8 Å². The number of aromatic nitrogens is 1. The second-order valence-electron chi connectivity index (χ2n) is 4.81. The maximum atomic E-state index is 12.7. The Hall–Kier alpha value is -1.28. The van der Waals surface area contributed by atoms with Gasteiger partial charge in [-0.05, 0) is 31.2 Å². The second-order valence-corrected chi connectivity index (χ2v) is 7.54. The van der Waals surface area contributed by atoms with Crippen molar-refractivity contribution < 1.29 is 8.42 Å². The van der Waals surface area contributed by atoms with Crippen molar-refractivity contribution in [1.82, 2.24) is 14.6 Å². The molecule has 5 nitrogen and oxygen atoms in total. The number of thiazole rings is 1. The fourth-order valence-electron chi connectivity index (χ4n) is 2.12. The van der Waals surface area contributed by atoms with Crippen LogP contribution in [0.1, 0.15) is 16.8 Å². The molecule has 2 rings (SSSR count). The van der Waals surface area contributed by atoms with Gasteiger partial charge in [-0.2, -0.15) is 4.31 Å². The Morgan fingerprint density at radius 3 is 2.76 bits per heavy atom. The third kappa shape index (κ3) is 3.49. The van der Waals surface area contributed by atoms with Crippen molar-refractivity contribution in [3.63, 3.8) is 0 Å². The molecule has 0 unspecified atom stereocenters. The molecule has 0 spiro atoms. The highest BCUT2D eigenvalue weighted by molar-refractivity contribution is 7.89. The molecule has 1 aromatic carbocycles. The van der Waals surface area contributed by atoms with Gasteiger partial charge in [-0.25, -0.2) is 13.4 Å². The summed E-state index contributed by atoms with van der Waals surface area (Å²) in [5.74, 6) is 0. The van der Waals surface area contributed by atoms with E-state index in [1.165, 1.54) is 15.6 Å². The van der Waals surface area contributed by atoms with E-state index in [2.05, 4.69) is 10.3 Å². The molecule has 0 aliphatic rings. The average molecular weight is 325 g/mol.